The van der Waals surface area contributed by atoms with Crippen LogP contribution in [0.15, 0.2) is 24.4 Å². The number of hydrogen-bond acceptors (Lipinski definition) is 6. The van der Waals surface area contributed by atoms with Gasteiger partial charge in [-0.3, -0.25) is 4.79 Å². The third-order valence-corrected chi connectivity index (χ3v) is 5.02. The molecule has 3 rings (SSSR count). The van der Waals surface area contributed by atoms with E-state index >= 15 is 0 Å². The van der Waals surface area contributed by atoms with Crippen LogP contribution in [0.25, 0.3) is 0 Å². The summed E-state index contributed by atoms with van der Waals surface area (Å²) < 4.78 is 40.6. The van der Waals surface area contributed by atoms with E-state index in [1.807, 2.05) is 0 Å². The van der Waals surface area contributed by atoms with Crippen LogP contribution in [0.2, 0.25) is 0 Å². The van der Waals surface area contributed by atoms with Gasteiger partial charge in [0.15, 0.2) is 5.01 Å². The number of aromatic nitrogens is 3. The minimum Gasteiger partial charge on any atom is -0.357 e. The van der Waals surface area contributed by atoms with Crippen LogP contribution in [0.5, 0.6) is 0 Å². The fourth-order valence-corrected chi connectivity index (χ4v) is 3.38. The molecule has 1 amide bonds. The van der Waals surface area contributed by atoms with Crippen LogP contribution >= 0.6 is 11.3 Å². The monoisotopic (exact) mass is 434 g/mol. The summed E-state index contributed by atoms with van der Waals surface area (Å²) in [6, 6.07) is 2.67. The summed E-state index contributed by atoms with van der Waals surface area (Å²) >= 11 is 1.15. The van der Waals surface area contributed by atoms with Crippen molar-refractivity contribution in [1.29, 1.82) is 10.8 Å². The molecule has 156 valence electrons. The van der Waals surface area contributed by atoms with E-state index in [9.17, 15) is 18.0 Å². The summed E-state index contributed by atoms with van der Waals surface area (Å²) in [4.78, 5) is 15.0. The van der Waals surface area contributed by atoms with Crippen molar-refractivity contribution in [3.8, 4) is 0 Å². The highest BCUT2D eigenvalue weighted by Crippen LogP contribution is 2.19. The molecular formula is C19H17F3N6OS. The molecule has 0 saturated carbocycles. The Morgan fingerprint density at radius 3 is 2.53 bits per heavy atom. The lowest BCUT2D eigenvalue weighted by molar-refractivity contribution is 0.0946. The highest BCUT2D eigenvalue weighted by Gasteiger charge is 2.16. The smallest absolute Gasteiger partial charge is 0.268 e. The molecule has 0 aliphatic heterocycles. The van der Waals surface area contributed by atoms with E-state index in [0.29, 0.717) is 33.4 Å². The molecule has 0 bridgehead atoms. The Kier molecular flexibility index (Phi) is 6.40. The number of nitrogens with zero attached hydrogens (tertiary/aromatic N) is 2. The number of aromatic amines is 1. The summed E-state index contributed by atoms with van der Waals surface area (Å²) in [6.07, 6.45) is 1.48. The van der Waals surface area contributed by atoms with Gasteiger partial charge in [-0.2, -0.15) is 0 Å². The summed E-state index contributed by atoms with van der Waals surface area (Å²) in [5.41, 5.74) is 0.884. The predicted molar refractivity (Wildman–Crippen MR) is 106 cm³/mol. The second-order valence-electron chi connectivity index (χ2n) is 6.57. The largest absolute Gasteiger partial charge is 0.357 e. The topological polar surface area (TPSA) is 118 Å². The summed E-state index contributed by atoms with van der Waals surface area (Å²) in [5.74, 6) is -3.43. The standard InChI is InChI=1S/C19H17F3N6OS/c1-9(23)2-15(24)19-28-27-17(30-19)8-26-18(29)16-4-10(7-25-16)3-12-13(21)5-11(20)6-14(12)22/h4-7,23-25H,2-3,8H2,1H3,(H,26,29). The van der Waals surface area contributed by atoms with Gasteiger partial charge >= 0.3 is 0 Å². The molecule has 2 aromatic heterocycles. The van der Waals surface area contributed by atoms with Gasteiger partial charge in [0, 0.05) is 42.4 Å². The highest BCUT2D eigenvalue weighted by molar-refractivity contribution is 7.13. The van der Waals surface area contributed by atoms with Gasteiger partial charge in [-0.1, -0.05) is 11.3 Å². The van der Waals surface area contributed by atoms with Crippen LogP contribution < -0.4 is 5.32 Å². The van der Waals surface area contributed by atoms with E-state index in [1.54, 1.807) is 6.92 Å². The van der Waals surface area contributed by atoms with E-state index in [-0.39, 0.29) is 36.4 Å². The molecule has 0 aliphatic carbocycles. The molecular weight excluding hydrogens is 417 g/mol. The fourth-order valence-electron chi connectivity index (χ4n) is 2.66. The molecule has 7 nitrogen and oxygen atoms in total. The average molecular weight is 434 g/mol. The number of carbonyl (C=O) groups excluding carboxylic acids is 1. The molecule has 0 unspecified atom stereocenters. The molecule has 0 radical (unpaired) electrons. The molecule has 0 spiro atoms. The molecule has 4 N–H and O–H groups in total. The minimum absolute atomic E-state index is 0.0862. The minimum atomic E-state index is -0.995. The number of nitrogens with one attached hydrogen (secondary N) is 4. The van der Waals surface area contributed by atoms with Crippen molar-refractivity contribution in [2.24, 2.45) is 0 Å². The fraction of sp³-hybridized carbons (Fsp3) is 0.211. The number of benzene rings is 1. The zero-order chi connectivity index (χ0) is 21.8. The third-order valence-electron chi connectivity index (χ3n) is 4.04. The summed E-state index contributed by atoms with van der Waals surface area (Å²) in [7, 11) is 0. The molecule has 3 aromatic rings. The molecule has 0 fully saturated rings. The van der Waals surface area contributed by atoms with Crippen molar-refractivity contribution in [2.45, 2.75) is 26.3 Å². The van der Waals surface area contributed by atoms with Crippen LogP contribution in [0.4, 0.5) is 13.2 Å². The maximum atomic E-state index is 13.8. The van der Waals surface area contributed by atoms with Gasteiger partial charge in [-0.15, -0.1) is 10.2 Å². The van der Waals surface area contributed by atoms with Crippen LogP contribution in [0.3, 0.4) is 0 Å². The van der Waals surface area contributed by atoms with E-state index in [4.69, 9.17) is 10.8 Å². The van der Waals surface area contributed by atoms with Crippen LogP contribution in [0.1, 0.15) is 45.0 Å². The highest BCUT2D eigenvalue weighted by atomic mass is 32.1. The zero-order valence-electron chi connectivity index (χ0n) is 15.8. The SMILES string of the molecule is CC(=N)CC(=N)c1nnc(CNC(=O)c2cc(Cc3c(F)cc(F)cc3F)c[nH]2)s1. The Balaban J connectivity index is 1.60. The van der Waals surface area contributed by atoms with E-state index in [0.717, 1.165) is 11.3 Å². The van der Waals surface area contributed by atoms with Crippen molar-refractivity contribution >= 4 is 28.7 Å². The van der Waals surface area contributed by atoms with Crippen molar-refractivity contribution in [2.75, 3.05) is 0 Å². The first-order chi connectivity index (χ1) is 14.2. The summed E-state index contributed by atoms with van der Waals surface area (Å²) in [6.45, 7) is 1.68. The number of halogens is 3. The second kappa shape index (κ2) is 8.99. The lowest BCUT2D eigenvalue weighted by Crippen LogP contribution is -2.23. The number of H-pyrrole nitrogens is 1. The van der Waals surface area contributed by atoms with Crippen molar-refractivity contribution in [1.82, 2.24) is 20.5 Å². The maximum absolute atomic E-state index is 13.8. The Hall–Kier alpha value is -3.34. The van der Waals surface area contributed by atoms with E-state index in [2.05, 4.69) is 20.5 Å². The number of carbonyl (C=O) groups is 1. The van der Waals surface area contributed by atoms with Crippen molar-refractivity contribution in [3.05, 3.63) is 68.7 Å². The summed E-state index contributed by atoms with van der Waals surface area (Å²) in [5, 5.41) is 26.6. The molecule has 0 atom stereocenters. The van der Waals surface area contributed by atoms with Gasteiger partial charge in [0.2, 0.25) is 0 Å². The zero-order valence-corrected chi connectivity index (χ0v) is 16.6. The Morgan fingerprint density at radius 1 is 1.17 bits per heavy atom. The quantitative estimate of drug-likeness (QED) is 0.406. The van der Waals surface area contributed by atoms with Gasteiger partial charge < -0.3 is 21.1 Å². The van der Waals surface area contributed by atoms with E-state index < -0.39 is 23.4 Å². The molecule has 30 heavy (non-hydrogen) atoms. The van der Waals surface area contributed by atoms with Gasteiger partial charge in [0.1, 0.15) is 28.2 Å². The van der Waals surface area contributed by atoms with Crippen molar-refractivity contribution in [3.63, 3.8) is 0 Å². The maximum Gasteiger partial charge on any atom is 0.268 e. The number of hydrogen-bond donors (Lipinski definition) is 4. The Labute approximate surface area is 173 Å². The Bertz CT molecular complexity index is 1100. The number of amides is 1. The molecule has 1 aromatic carbocycles. The van der Waals surface area contributed by atoms with Gasteiger partial charge in [0.25, 0.3) is 5.91 Å². The third kappa shape index (κ3) is 5.17. The van der Waals surface area contributed by atoms with Gasteiger partial charge in [-0.05, 0) is 18.6 Å². The normalized spacial score (nSPS) is 10.8. The first-order valence-electron chi connectivity index (χ1n) is 8.76. The number of rotatable bonds is 8. The van der Waals surface area contributed by atoms with E-state index in [1.165, 1.54) is 12.3 Å². The lowest BCUT2D eigenvalue weighted by Gasteiger charge is -2.03. The van der Waals surface area contributed by atoms with Crippen LogP contribution in [-0.4, -0.2) is 32.5 Å². The Morgan fingerprint density at radius 2 is 1.87 bits per heavy atom. The van der Waals surface area contributed by atoms with Crippen molar-refractivity contribution < 1.29 is 18.0 Å². The molecule has 11 heteroatoms. The molecule has 0 aliphatic rings. The molecule has 0 saturated heterocycles. The van der Waals surface area contributed by atoms with Gasteiger partial charge in [-0.25, -0.2) is 13.2 Å². The predicted octanol–water partition coefficient (Wildman–Crippen LogP) is 3.60. The second-order valence-corrected chi connectivity index (χ2v) is 7.63. The average Bonchev–Trinajstić information content (AvgIpc) is 3.32. The van der Waals surface area contributed by atoms with Crippen LogP contribution in [0, 0.1) is 28.3 Å². The first-order valence-corrected chi connectivity index (χ1v) is 9.57. The van der Waals surface area contributed by atoms with Crippen LogP contribution in [-0.2, 0) is 13.0 Å². The lowest BCUT2D eigenvalue weighted by atomic mass is 10.1. The van der Waals surface area contributed by atoms with Gasteiger partial charge in [0.05, 0.1) is 12.3 Å². The molecule has 2 heterocycles. The first kappa shape index (κ1) is 21.4.